The first-order chi connectivity index (χ1) is 14.1. The maximum absolute atomic E-state index is 15.2. The van der Waals surface area contributed by atoms with E-state index in [9.17, 15) is 0 Å². The average molecular weight is 430 g/mol. The van der Waals surface area contributed by atoms with E-state index in [2.05, 4.69) is 0 Å². The van der Waals surface area contributed by atoms with Crippen molar-refractivity contribution in [1.29, 1.82) is 0 Å². The molecular weight excluding hydrogens is 414 g/mol. The van der Waals surface area contributed by atoms with Gasteiger partial charge in [-0.25, -0.2) is 17.6 Å². The Bertz CT molecular complexity index is 991. The van der Waals surface area contributed by atoms with Crippen LogP contribution in [0.5, 0.6) is 0 Å². The minimum absolute atomic E-state index is 0. The second kappa shape index (κ2) is 9.62. The molecule has 4 aromatic carbocycles. The van der Waals surface area contributed by atoms with E-state index in [1.165, 1.54) is 72.8 Å². The van der Waals surface area contributed by atoms with Crippen LogP contribution in [0, 0.1) is 23.3 Å². The van der Waals surface area contributed by atoms with Gasteiger partial charge in [0, 0.05) is 0 Å². The van der Waals surface area contributed by atoms with Crippen LogP contribution in [0.2, 0.25) is 0 Å². The molecule has 30 heavy (non-hydrogen) atoms. The molecular formula is C24H16BF4K. The van der Waals surface area contributed by atoms with Gasteiger partial charge in [-0.15, -0.1) is 0 Å². The number of benzene rings is 4. The van der Waals surface area contributed by atoms with Crippen molar-refractivity contribution in [3.8, 4) is 0 Å². The molecule has 0 aromatic heterocycles. The summed E-state index contributed by atoms with van der Waals surface area (Å²) >= 11 is 0. The normalized spacial score (nSPS) is 11.1. The molecule has 0 atom stereocenters. The van der Waals surface area contributed by atoms with Crippen LogP contribution in [0.3, 0.4) is 0 Å². The second-order valence-electron chi connectivity index (χ2n) is 6.95. The van der Waals surface area contributed by atoms with E-state index in [1.54, 1.807) is 24.3 Å². The van der Waals surface area contributed by atoms with E-state index >= 15 is 17.6 Å². The molecule has 0 heterocycles. The summed E-state index contributed by atoms with van der Waals surface area (Å²) in [4.78, 5) is 0. The van der Waals surface area contributed by atoms with Gasteiger partial charge in [0.1, 0.15) is 6.15 Å². The molecule has 0 spiro atoms. The van der Waals surface area contributed by atoms with Crippen LogP contribution in [0.4, 0.5) is 17.6 Å². The number of halogens is 4. The third-order valence-corrected chi connectivity index (χ3v) is 5.49. The summed E-state index contributed by atoms with van der Waals surface area (Å²) in [5, 5.41) is 0. The van der Waals surface area contributed by atoms with Crippen molar-refractivity contribution in [3.05, 3.63) is 120 Å². The summed E-state index contributed by atoms with van der Waals surface area (Å²) in [5.41, 5.74) is 0.0844. The van der Waals surface area contributed by atoms with E-state index in [1.807, 2.05) is 0 Å². The van der Waals surface area contributed by atoms with Crippen LogP contribution in [0.1, 0.15) is 0 Å². The van der Waals surface area contributed by atoms with Gasteiger partial charge in [0.15, 0.2) is 0 Å². The Balaban J connectivity index is 0.00000256. The van der Waals surface area contributed by atoms with Crippen molar-refractivity contribution in [2.45, 2.75) is 0 Å². The fraction of sp³-hybridized carbons (Fsp3) is 0. The van der Waals surface area contributed by atoms with Gasteiger partial charge in [0.25, 0.3) is 0 Å². The molecule has 0 nitrogen and oxygen atoms in total. The summed E-state index contributed by atoms with van der Waals surface area (Å²) in [5.74, 6) is -2.66. The monoisotopic (exact) mass is 430 g/mol. The van der Waals surface area contributed by atoms with Gasteiger partial charge in [0.05, 0.1) is 23.3 Å². The maximum Gasteiger partial charge on any atom is 1.00 e. The molecule has 4 aromatic rings. The van der Waals surface area contributed by atoms with Crippen molar-refractivity contribution in [2.75, 3.05) is 0 Å². The Morgan fingerprint density at radius 1 is 0.367 bits per heavy atom. The summed E-state index contributed by atoms with van der Waals surface area (Å²) in [6, 6.07) is 23.0. The van der Waals surface area contributed by atoms with Gasteiger partial charge in [-0.1, -0.05) is 72.8 Å². The number of hydrogen-bond donors (Lipinski definition) is 0. The maximum atomic E-state index is 15.2. The zero-order valence-corrected chi connectivity index (χ0v) is 19.4. The first kappa shape index (κ1) is 23.0. The van der Waals surface area contributed by atoms with Gasteiger partial charge in [0.2, 0.25) is 0 Å². The average Bonchev–Trinajstić information content (AvgIpc) is 2.73. The largest absolute Gasteiger partial charge is 1.00 e. The van der Waals surface area contributed by atoms with Gasteiger partial charge in [-0.2, -0.15) is 21.9 Å². The third-order valence-electron chi connectivity index (χ3n) is 5.49. The van der Waals surface area contributed by atoms with E-state index in [0.717, 1.165) is 0 Å². The molecule has 0 bridgehead atoms. The molecule has 0 unspecified atom stereocenters. The molecule has 144 valence electrons. The molecule has 0 aliphatic carbocycles. The van der Waals surface area contributed by atoms with E-state index in [0.29, 0.717) is 0 Å². The van der Waals surface area contributed by atoms with Crippen molar-refractivity contribution in [3.63, 3.8) is 0 Å². The molecule has 0 amide bonds. The Labute approximate surface area is 215 Å². The fourth-order valence-corrected chi connectivity index (χ4v) is 4.31. The van der Waals surface area contributed by atoms with Crippen LogP contribution in [0.25, 0.3) is 0 Å². The zero-order chi connectivity index (χ0) is 20.4. The molecule has 0 fully saturated rings. The predicted octanol–water partition coefficient (Wildman–Crippen LogP) is 0.624. The van der Waals surface area contributed by atoms with Gasteiger partial charge >= 0.3 is 51.4 Å². The van der Waals surface area contributed by atoms with Crippen molar-refractivity contribution >= 4 is 28.0 Å². The topological polar surface area (TPSA) is 0 Å². The van der Waals surface area contributed by atoms with Crippen LogP contribution >= 0.6 is 0 Å². The number of rotatable bonds is 4. The Kier molecular flexibility index (Phi) is 7.37. The van der Waals surface area contributed by atoms with E-state index in [-0.39, 0.29) is 73.2 Å². The van der Waals surface area contributed by atoms with Crippen molar-refractivity contribution < 1.29 is 68.9 Å². The van der Waals surface area contributed by atoms with E-state index < -0.39 is 29.4 Å². The molecule has 0 saturated heterocycles. The number of hydrogen-bond acceptors (Lipinski definition) is 0. The molecule has 0 N–H and O–H groups in total. The van der Waals surface area contributed by atoms with Crippen molar-refractivity contribution in [2.24, 2.45) is 0 Å². The quantitative estimate of drug-likeness (QED) is 0.329. The molecule has 6 heteroatoms. The molecule has 0 saturated carbocycles. The fourth-order valence-electron chi connectivity index (χ4n) is 4.31. The third kappa shape index (κ3) is 3.83. The van der Waals surface area contributed by atoms with Gasteiger partial charge in [-0.3, -0.25) is 0 Å². The van der Waals surface area contributed by atoms with Gasteiger partial charge < -0.3 is 0 Å². The molecule has 0 radical (unpaired) electrons. The van der Waals surface area contributed by atoms with Gasteiger partial charge in [-0.05, 0) is 24.3 Å². The SMILES string of the molecule is Fc1ccccc1[B-](c1ccccc1F)(c1ccccc1F)c1ccccc1F.[K+]. The first-order valence-corrected chi connectivity index (χ1v) is 9.22. The van der Waals surface area contributed by atoms with E-state index in [4.69, 9.17) is 0 Å². The zero-order valence-electron chi connectivity index (χ0n) is 16.3. The summed E-state index contributed by atoms with van der Waals surface area (Å²) in [6.07, 6.45) is -2.82. The Morgan fingerprint density at radius 3 is 0.767 bits per heavy atom. The smallest absolute Gasteiger partial charge is 0.210 e. The Morgan fingerprint density at radius 2 is 0.567 bits per heavy atom. The summed E-state index contributed by atoms with van der Waals surface area (Å²) in [6.45, 7) is 0. The first-order valence-electron chi connectivity index (χ1n) is 9.22. The minimum Gasteiger partial charge on any atom is -0.210 e. The predicted molar refractivity (Wildman–Crippen MR) is 110 cm³/mol. The van der Waals surface area contributed by atoms with Crippen LogP contribution < -0.4 is 73.2 Å². The van der Waals surface area contributed by atoms with Crippen LogP contribution in [-0.4, -0.2) is 6.15 Å². The Hall–Kier alpha value is -1.70. The molecule has 0 aliphatic rings. The summed E-state index contributed by atoms with van der Waals surface area (Å²) < 4.78 is 60.7. The summed E-state index contributed by atoms with van der Waals surface area (Å²) in [7, 11) is 0. The second-order valence-corrected chi connectivity index (χ2v) is 6.95. The molecule has 0 aliphatic heterocycles. The molecule has 4 rings (SSSR count). The minimum atomic E-state index is -2.82. The van der Waals surface area contributed by atoms with Crippen LogP contribution in [0.15, 0.2) is 97.1 Å². The van der Waals surface area contributed by atoms with Crippen LogP contribution in [-0.2, 0) is 0 Å². The standard InChI is InChI=1S/C24H16BF4.K/c26-21-13-5-1-9-17(21)25(18-10-2-6-14-22(18)27,19-11-3-7-15-23(19)28)20-12-4-8-16-24(20)29;/h1-16H;/q-1;+1. The van der Waals surface area contributed by atoms with Crippen molar-refractivity contribution in [1.82, 2.24) is 0 Å².